The van der Waals surface area contributed by atoms with E-state index in [9.17, 15) is 0 Å². The molecule has 1 heterocycles. The van der Waals surface area contributed by atoms with Crippen molar-refractivity contribution in [1.82, 2.24) is 5.32 Å². The van der Waals surface area contributed by atoms with Gasteiger partial charge in [-0.15, -0.1) is 0 Å². The van der Waals surface area contributed by atoms with Gasteiger partial charge in [-0.3, -0.25) is 0 Å². The van der Waals surface area contributed by atoms with Crippen molar-refractivity contribution >= 4 is 0 Å². The van der Waals surface area contributed by atoms with Gasteiger partial charge in [-0.2, -0.15) is 0 Å². The van der Waals surface area contributed by atoms with Crippen LogP contribution >= 0.6 is 0 Å². The SMILES string of the molecule is Cc1cc(C)cc(C2(c3cc(C)cc(C)c3)CCNCC2)c1. The van der Waals surface area contributed by atoms with Gasteiger partial charge in [0.2, 0.25) is 0 Å². The maximum atomic E-state index is 3.54. The fourth-order valence-electron chi connectivity index (χ4n) is 4.10. The first-order valence-corrected chi connectivity index (χ1v) is 8.38. The highest BCUT2D eigenvalue weighted by Gasteiger charge is 2.36. The van der Waals surface area contributed by atoms with Gasteiger partial charge in [0.15, 0.2) is 0 Å². The lowest BCUT2D eigenvalue weighted by atomic mass is 9.67. The molecule has 0 saturated carbocycles. The van der Waals surface area contributed by atoms with Crippen LogP contribution in [0.1, 0.15) is 46.2 Å². The Hall–Kier alpha value is -1.60. The second-order valence-electron chi connectivity index (χ2n) is 7.08. The summed E-state index contributed by atoms with van der Waals surface area (Å²) in [6.07, 6.45) is 2.36. The van der Waals surface area contributed by atoms with E-state index in [0.717, 1.165) is 13.1 Å². The van der Waals surface area contributed by atoms with Gasteiger partial charge in [-0.25, -0.2) is 0 Å². The molecule has 3 rings (SSSR count). The predicted octanol–water partition coefficient (Wildman–Crippen LogP) is 4.59. The van der Waals surface area contributed by atoms with Crippen LogP contribution < -0.4 is 5.32 Å². The van der Waals surface area contributed by atoms with Gasteiger partial charge in [0.1, 0.15) is 0 Å². The maximum absolute atomic E-state index is 3.54. The van der Waals surface area contributed by atoms with Crippen LogP contribution in [0, 0.1) is 27.7 Å². The zero-order chi connectivity index (χ0) is 15.7. The van der Waals surface area contributed by atoms with Crippen LogP contribution in [-0.2, 0) is 5.41 Å². The zero-order valence-electron chi connectivity index (χ0n) is 14.3. The van der Waals surface area contributed by atoms with E-state index in [4.69, 9.17) is 0 Å². The quantitative estimate of drug-likeness (QED) is 0.854. The minimum atomic E-state index is 0.165. The fraction of sp³-hybridized carbons (Fsp3) is 0.429. The molecule has 0 spiro atoms. The van der Waals surface area contributed by atoms with Gasteiger partial charge in [-0.05, 0) is 64.8 Å². The minimum absolute atomic E-state index is 0.165. The normalized spacial score (nSPS) is 17.5. The number of rotatable bonds is 2. The summed E-state index contributed by atoms with van der Waals surface area (Å²) < 4.78 is 0. The lowest BCUT2D eigenvalue weighted by Crippen LogP contribution is -2.41. The van der Waals surface area contributed by atoms with Crippen molar-refractivity contribution < 1.29 is 0 Å². The first-order chi connectivity index (χ1) is 10.5. The lowest BCUT2D eigenvalue weighted by molar-refractivity contribution is 0.361. The molecule has 0 amide bonds. The van der Waals surface area contributed by atoms with E-state index in [-0.39, 0.29) is 5.41 Å². The maximum Gasteiger partial charge on any atom is 0.0227 e. The summed E-state index contributed by atoms with van der Waals surface area (Å²) in [4.78, 5) is 0. The van der Waals surface area contributed by atoms with Crippen molar-refractivity contribution in [2.24, 2.45) is 0 Å². The van der Waals surface area contributed by atoms with Crippen LogP contribution in [-0.4, -0.2) is 13.1 Å². The number of hydrogen-bond acceptors (Lipinski definition) is 1. The highest BCUT2D eigenvalue weighted by Crippen LogP contribution is 2.41. The van der Waals surface area contributed by atoms with Crippen LogP contribution in [0.25, 0.3) is 0 Å². The molecule has 2 aromatic carbocycles. The first kappa shape index (κ1) is 15.3. The number of nitrogens with one attached hydrogen (secondary N) is 1. The third-order valence-corrected chi connectivity index (χ3v) is 5.01. The van der Waals surface area contributed by atoms with Gasteiger partial charge in [-0.1, -0.05) is 58.7 Å². The fourth-order valence-corrected chi connectivity index (χ4v) is 4.10. The van der Waals surface area contributed by atoms with Crippen LogP contribution in [0.2, 0.25) is 0 Å². The molecule has 1 fully saturated rings. The topological polar surface area (TPSA) is 12.0 Å². The van der Waals surface area contributed by atoms with E-state index in [2.05, 4.69) is 69.4 Å². The molecule has 1 saturated heterocycles. The van der Waals surface area contributed by atoms with Gasteiger partial charge in [0, 0.05) is 5.41 Å². The second kappa shape index (κ2) is 5.89. The zero-order valence-corrected chi connectivity index (χ0v) is 14.3. The van der Waals surface area contributed by atoms with Gasteiger partial charge >= 0.3 is 0 Å². The molecule has 1 aliphatic heterocycles. The van der Waals surface area contributed by atoms with Crippen LogP contribution in [0.15, 0.2) is 36.4 Å². The summed E-state index contributed by atoms with van der Waals surface area (Å²) in [5.74, 6) is 0. The lowest BCUT2D eigenvalue weighted by Gasteiger charge is -2.39. The molecular weight excluding hydrogens is 266 g/mol. The predicted molar refractivity (Wildman–Crippen MR) is 94.7 cm³/mol. The number of aryl methyl sites for hydroxylation is 4. The van der Waals surface area contributed by atoms with Gasteiger partial charge < -0.3 is 5.32 Å². The molecule has 1 nitrogen and oxygen atoms in total. The Bertz CT molecular complexity index is 584. The number of hydrogen-bond donors (Lipinski definition) is 1. The van der Waals surface area contributed by atoms with Crippen LogP contribution in [0.3, 0.4) is 0 Å². The Labute approximate surface area is 134 Å². The van der Waals surface area contributed by atoms with Crippen LogP contribution in [0.4, 0.5) is 0 Å². The van der Waals surface area contributed by atoms with Crippen molar-refractivity contribution in [3.05, 3.63) is 69.8 Å². The van der Waals surface area contributed by atoms with Gasteiger partial charge in [0.05, 0.1) is 0 Å². The van der Waals surface area contributed by atoms with E-state index >= 15 is 0 Å². The highest BCUT2D eigenvalue weighted by molar-refractivity contribution is 5.45. The minimum Gasteiger partial charge on any atom is -0.317 e. The average molecular weight is 293 g/mol. The van der Waals surface area contributed by atoms with Crippen molar-refractivity contribution in [2.75, 3.05) is 13.1 Å². The molecule has 0 unspecified atom stereocenters. The molecular formula is C21H27N. The Morgan fingerprint density at radius 1 is 0.636 bits per heavy atom. The summed E-state index contributed by atoms with van der Waals surface area (Å²) in [5, 5.41) is 3.54. The van der Waals surface area contributed by atoms with E-state index in [0.29, 0.717) is 0 Å². The summed E-state index contributed by atoms with van der Waals surface area (Å²) in [6.45, 7) is 11.1. The van der Waals surface area contributed by atoms with E-state index in [1.807, 2.05) is 0 Å². The molecule has 0 atom stereocenters. The van der Waals surface area contributed by atoms with Crippen molar-refractivity contribution in [3.8, 4) is 0 Å². The average Bonchev–Trinajstić information content (AvgIpc) is 2.46. The Kier molecular flexibility index (Phi) is 4.10. The molecule has 1 N–H and O–H groups in total. The Morgan fingerprint density at radius 3 is 1.36 bits per heavy atom. The van der Waals surface area contributed by atoms with Crippen molar-refractivity contribution in [1.29, 1.82) is 0 Å². The number of benzene rings is 2. The summed E-state index contributed by atoms with van der Waals surface area (Å²) in [7, 11) is 0. The molecule has 0 aromatic heterocycles. The van der Waals surface area contributed by atoms with Crippen molar-refractivity contribution in [3.63, 3.8) is 0 Å². The molecule has 22 heavy (non-hydrogen) atoms. The smallest absolute Gasteiger partial charge is 0.0227 e. The molecule has 0 radical (unpaired) electrons. The third kappa shape index (κ3) is 2.83. The molecule has 1 aliphatic rings. The van der Waals surface area contributed by atoms with Crippen molar-refractivity contribution in [2.45, 2.75) is 46.0 Å². The summed E-state index contributed by atoms with van der Waals surface area (Å²) >= 11 is 0. The van der Waals surface area contributed by atoms with E-state index in [1.54, 1.807) is 0 Å². The Morgan fingerprint density at radius 2 is 1.00 bits per heavy atom. The van der Waals surface area contributed by atoms with E-state index < -0.39 is 0 Å². The van der Waals surface area contributed by atoms with Gasteiger partial charge in [0.25, 0.3) is 0 Å². The standard InChI is InChI=1S/C21H27N/c1-15-9-16(2)12-19(11-15)21(5-7-22-8-6-21)20-13-17(3)10-18(4)14-20/h9-14,22H,5-8H2,1-4H3. The molecule has 0 bridgehead atoms. The van der Waals surface area contributed by atoms with Crippen LogP contribution in [0.5, 0.6) is 0 Å². The number of piperidine rings is 1. The third-order valence-electron chi connectivity index (χ3n) is 5.01. The molecule has 116 valence electrons. The monoisotopic (exact) mass is 293 g/mol. The summed E-state index contributed by atoms with van der Waals surface area (Å²) in [5.41, 5.74) is 8.65. The molecule has 1 heteroatoms. The largest absolute Gasteiger partial charge is 0.317 e. The highest BCUT2D eigenvalue weighted by atomic mass is 14.9. The molecule has 2 aromatic rings. The first-order valence-electron chi connectivity index (χ1n) is 8.38. The van der Waals surface area contributed by atoms with E-state index in [1.165, 1.54) is 46.2 Å². The second-order valence-corrected chi connectivity index (χ2v) is 7.08. The summed E-state index contributed by atoms with van der Waals surface area (Å²) in [6, 6.07) is 14.2. The molecule has 0 aliphatic carbocycles. The Balaban J connectivity index is 2.19.